The summed E-state index contributed by atoms with van der Waals surface area (Å²) in [7, 11) is 1.98. The molecule has 1 atom stereocenters. The van der Waals surface area contributed by atoms with Crippen molar-refractivity contribution in [3.8, 4) is 11.5 Å². The summed E-state index contributed by atoms with van der Waals surface area (Å²) in [5, 5.41) is 4.26. The van der Waals surface area contributed by atoms with E-state index in [9.17, 15) is 0 Å². The van der Waals surface area contributed by atoms with Gasteiger partial charge in [-0.15, -0.1) is 0 Å². The number of hydrogen-bond donors (Lipinski definition) is 0. The third-order valence-electron chi connectivity index (χ3n) is 5.19. The monoisotopic (exact) mass is 341 g/mol. The lowest BCUT2D eigenvalue weighted by Crippen LogP contribution is -2.24. The molecule has 1 saturated heterocycles. The standard InChI is InChI=1S/C20H27N3O2/c1-22-15-16(14-21-22)5-2-9-23-10-3-6-18(23)17-7-8-19-20(13-17)25-12-4-11-24-19/h7-8,13-15,18H,2-6,9-12H2,1H3. The van der Waals surface area contributed by atoms with Gasteiger partial charge in [-0.05, 0) is 62.0 Å². The predicted molar refractivity (Wildman–Crippen MR) is 97.1 cm³/mol. The summed E-state index contributed by atoms with van der Waals surface area (Å²) in [4.78, 5) is 2.62. The minimum atomic E-state index is 0.506. The van der Waals surface area contributed by atoms with Gasteiger partial charge in [0, 0.05) is 25.7 Å². The van der Waals surface area contributed by atoms with E-state index in [0.29, 0.717) is 6.04 Å². The lowest BCUT2D eigenvalue weighted by Gasteiger charge is -2.25. The van der Waals surface area contributed by atoms with Gasteiger partial charge >= 0.3 is 0 Å². The average Bonchev–Trinajstić information content (AvgIpc) is 3.18. The molecule has 1 fully saturated rings. The van der Waals surface area contributed by atoms with Crippen LogP contribution in [0.25, 0.3) is 0 Å². The molecule has 0 bridgehead atoms. The first-order chi connectivity index (χ1) is 12.3. The number of nitrogens with zero attached hydrogens (tertiary/aromatic N) is 3. The Hall–Kier alpha value is -2.01. The summed E-state index contributed by atoms with van der Waals surface area (Å²) in [6, 6.07) is 7.01. The molecule has 134 valence electrons. The molecule has 5 heteroatoms. The van der Waals surface area contributed by atoms with Crippen molar-refractivity contribution in [2.75, 3.05) is 26.3 Å². The summed E-state index contributed by atoms with van der Waals surface area (Å²) in [6.45, 7) is 3.81. The fraction of sp³-hybridized carbons (Fsp3) is 0.550. The van der Waals surface area contributed by atoms with Crippen LogP contribution in [0.4, 0.5) is 0 Å². The summed E-state index contributed by atoms with van der Waals surface area (Å²) in [6.07, 6.45) is 9.81. The minimum absolute atomic E-state index is 0.506. The number of aromatic nitrogens is 2. The van der Waals surface area contributed by atoms with E-state index in [-0.39, 0.29) is 0 Å². The Bertz CT molecular complexity index is 713. The smallest absolute Gasteiger partial charge is 0.161 e. The second-order valence-corrected chi connectivity index (χ2v) is 7.08. The normalized spacial score (nSPS) is 20.6. The maximum atomic E-state index is 5.87. The Labute approximate surface area is 149 Å². The maximum absolute atomic E-state index is 5.87. The summed E-state index contributed by atoms with van der Waals surface area (Å²) in [5.74, 6) is 1.81. The van der Waals surface area contributed by atoms with Crippen molar-refractivity contribution in [1.82, 2.24) is 14.7 Å². The zero-order chi connectivity index (χ0) is 17.1. The molecule has 0 spiro atoms. The number of fused-ring (bicyclic) bond motifs is 1. The van der Waals surface area contributed by atoms with Gasteiger partial charge in [-0.25, -0.2) is 0 Å². The minimum Gasteiger partial charge on any atom is -0.490 e. The van der Waals surface area contributed by atoms with Crippen molar-refractivity contribution in [2.45, 2.75) is 38.1 Å². The van der Waals surface area contributed by atoms with Crippen molar-refractivity contribution in [1.29, 1.82) is 0 Å². The lowest BCUT2D eigenvalue weighted by atomic mass is 10.0. The Morgan fingerprint density at radius 2 is 2.04 bits per heavy atom. The topological polar surface area (TPSA) is 39.5 Å². The molecule has 0 N–H and O–H groups in total. The zero-order valence-electron chi connectivity index (χ0n) is 15.0. The number of benzene rings is 1. The number of aryl methyl sites for hydroxylation is 2. The van der Waals surface area contributed by atoms with Crippen LogP contribution < -0.4 is 9.47 Å². The molecular weight excluding hydrogens is 314 g/mol. The van der Waals surface area contributed by atoms with Gasteiger partial charge in [0.15, 0.2) is 11.5 Å². The summed E-state index contributed by atoms with van der Waals surface area (Å²) < 4.78 is 13.5. The molecule has 4 rings (SSSR count). The van der Waals surface area contributed by atoms with E-state index >= 15 is 0 Å². The number of hydrogen-bond acceptors (Lipinski definition) is 4. The van der Waals surface area contributed by atoms with Crippen LogP contribution in [0.15, 0.2) is 30.6 Å². The van der Waals surface area contributed by atoms with E-state index in [0.717, 1.165) is 44.1 Å². The van der Waals surface area contributed by atoms with Crippen molar-refractivity contribution in [3.05, 3.63) is 41.7 Å². The number of rotatable bonds is 5. The molecule has 1 unspecified atom stereocenters. The largest absolute Gasteiger partial charge is 0.490 e. The third-order valence-corrected chi connectivity index (χ3v) is 5.19. The molecule has 0 aliphatic carbocycles. The van der Waals surface area contributed by atoms with Crippen molar-refractivity contribution in [2.24, 2.45) is 7.05 Å². The first kappa shape index (κ1) is 16.5. The van der Waals surface area contributed by atoms with Gasteiger partial charge in [0.2, 0.25) is 0 Å². The molecular formula is C20H27N3O2. The molecule has 5 nitrogen and oxygen atoms in total. The van der Waals surface area contributed by atoms with Crippen molar-refractivity contribution in [3.63, 3.8) is 0 Å². The van der Waals surface area contributed by atoms with Gasteiger partial charge in [0.25, 0.3) is 0 Å². The van der Waals surface area contributed by atoms with Gasteiger partial charge in [0.05, 0.1) is 19.4 Å². The van der Waals surface area contributed by atoms with Crippen LogP contribution in [0.5, 0.6) is 11.5 Å². The Kier molecular flexibility index (Phi) is 4.92. The van der Waals surface area contributed by atoms with E-state index in [1.807, 2.05) is 17.9 Å². The Balaban J connectivity index is 1.40. The van der Waals surface area contributed by atoms with Crippen molar-refractivity contribution < 1.29 is 9.47 Å². The fourth-order valence-electron chi connectivity index (χ4n) is 3.95. The highest BCUT2D eigenvalue weighted by molar-refractivity contribution is 5.44. The van der Waals surface area contributed by atoms with Crippen LogP contribution in [-0.4, -0.2) is 41.0 Å². The zero-order valence-corrected chi connectivity index (χ0v) is 15.0. The van der Waals surface area contributed by atoms with E-state index in [1.165, 1.54) is 36.9 Å². The molecule has 0 saturated carbocycles. The van der Waals surface area contributed by atoms with Gasteiger partial charge in [-0.3, -0.25) is 9.58 Å². The molecule has 1 aromatic carbocycles. The Morgan fingerprint density at radius 3 is 2.88 bits per heavy atom. The Morgan fingerprint density at radius 1 is 1.16 bits per heavy atom. The number of likely N-dealkylation sites (tertiary alicyclic amines) is 1. The predicted octanol–water partition coefficient (Wildman–Crippen LogP) is 3.35. The first-order valence-corrected chi connectivity index (χ1v) is 9.41. The van der Waals surface area contributed by atoms with Crippen LogP contribution in [0.2, 0.25) is 0 Å². The summed E-state index contributed by atoms with van der Waals surface area (Å²) in [5.41, 5.74) is 2.69. The molecule has 1 aromatic heterocycles. The van der Waals surface area contributed by atoms with Gasteiger partial charge < -0.3 is 9.47 Å². The van der Waals surface area contributed by atoms with Crippen molar-refractivity contribution >= 4 is 0 Å². The second-order valence-electron chi connectivity index (χ2n) is 7.08. The summed E-state index contributed by atoms with van der Waals surface area (Å²) >= 11 is 0. The maximum Gasteiger partial charge on any atom is 0.161 e. The van der Waals surface area contributed by atoms with Crippen LogP contribution >= 0.6 is 0 Å². The van der Waals surface area contributed by atoms with E-state index in [2.05, 4.69) is 34.4 Å². The molecule has 2 aromatic rings. The third kappa shape index (κ3) is 3.82. The highest BCUT2D eigenvalue weighted by Gasteiger charge is 2.26. The van der Waals surface area contributed by atoms with E-state index in [4.69, 9.17) is 9.47 Å². The highest BCUT2D eigenvalue weighted by Crippen LogP contribution is 2.37. The molecule has 2 aliphatic heterocycles. The first-order valence-electron chi connectivity index (χ1n) is 9.41. The van der Waals surface area contributed by atoms with Gasteiger partial charge in [-0.1, -0.05) is 6.07 Å². The van der Waals surface area contributed by atoms with E-state index in [1.54, 1.807) is 0 Å². The second kappa shape index (κ2) is 7.48. The molecule has 2 aliphatic rings. The molecule has 0 radical (unpaired) electrons. The van der Waals surface area contributed by atoms with Gasteiger partial charge in [-0.2, -0.15) is 5.10 Å². The molecule has 0 amide bonds. The van der Waals surface area contributed by atoms with E-state index < -0.39 is 0 Å². The molecule has 25 heavy (non-hydrogen) atoms. The van der Waals surface area contributed by atoms with Crippen LogP contribution in [-0.2, 0) is 13.5 Å². The van der Waals surface area contributed by atoms with Crippen LogP contribution in [0.3, 0.4) is 0 Å². The average molecular weight is 341 g/mol. The number of ether oxygens (including phenoxy) is 2. The van der Waals surface area contributed by atoms with Crippen LogP contribution in [0.1, 0.15) is 42.9 Å². The molecule has 3 heterocycles. The fourth-order valence-corrected chi connectivity index (χ4v) is 3.95. The lowest BCUT2D eigenvalue weighted by molar-refractivity contribution is 0.253. The SMILES string of the molecule is Cn1cc(CCCN2CCCC2c2ccc3c(c2)OCCCO3)cn1. The highest BCUT2D eigenvalue weighted by atomic mass is 16.5. The van der Waals surface area contributed by atoms with Crippen LogP contribution in [0, 0.1) is 0 Å². The van der Waals surface area contributed by atoms with Gasteiger partial charge in [0.1, 0.15) is 0 Å². The quantitative estimate of drug-likeness (QED) is 0.836.